The molecule has 2 aliphatic rings. The van der Waals surface area contributed by atoms with Gasteiger partial charge < -0.3 is 14.8 Å². The summed E-state index contributed by atoms with van der Waals surface area (Å²) < 4.78 is 2.38. The molecule has 1 aliphatic heterocycles. The Labute approximate surface area is 200 Å². The van der Waals surface area contributed by atoms with Gasteiger partial charge in [-0.05, 0) is 37.1 Å². The van der Waals surface area contributed by atoms with Crippen molar-refractivity contribution in [3.8, 4) is 0 Å². The number of hydrogen-bond acceptors (Lipinski definition) is 7. The van der Waals surface area contributed by atoms with E-state index in [4.69, 9.17) is 4.98 Å². The van der Waals surface area contributed by atoms with Crippen LogP contribution in [0.4, 0.5) is 11.8 Å². The van der Waals surface area contributed by atoms with Crippen molar-refractivity contribution in [3.63, 3.8) is 0 Å². The molecule has 8 nitrogen and oxygen atoms in total. The normalized spacial score (nSPS) is 18.3. The van der Waals surface area contributed by atoms with Gasteiger partial charge in [0.25, 0.3) is 0 Å². The SMILES string of the molecule is CCN1CCN(Cc2ccc(Nc3ncc4c5ccncc5n(C5CCCC5)c4n3)nc2)CC1. The van der Waals surface area contributed by atoms with Crippen molar-refractivity contribution in [1.82, 2.24) is 34.3 Å². The molecule has 0 atom stereocenters. The number of pyridine rings is 2. The van der Waals surface area contributed by atoms with Crippen LogP contribution in [0.15, 0.2) is 43.0 Å². The van der Waals surface area contributed by atoms with Crippen LogP contribution >= 0.6 is 0 Å². The van der Waals surface area contributed by atoms with Gasteiger partial charge in [0.05, 0.1) is 11.7 Å². The average molecular weight is 457 g/mol. The lowest BCUT2D eigenvalue weighted by Crippen LogP contribution is -2.45. The second kappa shape index (κ2) is 9.27. The van der Waals surface area contributed by atoms with Crippen molar-refractivity contribution >= 4 is 33.7 Å². The molecule has 8 heteroatoms. The van der Waals surface area contributed by atoms with Gasteiger partial charge >= 0.3 is 0 Å². The molecule has 5 heterocycles. The van der Waals surface area contributed by atoms with Crippen molar-refractivity contribution in [2.45, 2.75) is 45.2 Å². The van der Waals surface area contributed by atoms with E-state index in [0.29, 0.717) is 12.0 Å². The molecule has 0 aromatic carbocycles. The molecule has 2 fully saturated rings. The van der Waals surface area contributed by atoms with Crippen molar-refractivity contribution in [2.24, 2.45) is 0 Å². The van der Waals surface area contributed by atoms with Crippen LogP contribution in [-0.2, 0) is 6.54 Å². The highest BCUT2D eigenvalue weighted by atomic mass is 15.3. The van der Waals surface area contributed by atoms with Gasteiger partial charge in [-0.15, -0.1) is 0 Å². The average Bonchev–Trinajstić information content (AvgIpc) is 3.51. The standard InChI is InChI=1S/C26H32N8/c1-2-32-11-13-33(14-12-32)18-19-7-8-24(28-15-19)30-26-29-16-22-21-9-10-27-17-23(21)34(25(22)31-26)20-5-3-4-6-20/h7-10,15-17,20H,2-6,11-14,18H2,1H3,(H,28,29,30,31). The lowest BCUT2D eigenvalue weighted by atomic mass is 10.2. The molecule has 1 saturated heterocycles. The molecule has 4 aromatic rings. The molecule has 4 aromatic heterocycles. The predicted molar refractivity (Wildman–Crippen MR) is 135 cm³/mol. The summed E-state index contributed by atoms with van der Waals surface area (Å²) in [7, 11) is 0. The first-order valence-corrected chi connectivity index (χ1v) is 12.6. The third-order valence-electron chi connectivity index (χ3n) is 7.42. The second-order valence-corrected chi connectivity index (χ2v) is 9.52. The Balaban J connectivity index is 1.22. The minimum absolute atomic E-state index is 0.476. The number of rotatable bonds is 6. The number of aromatic nitrogens is 5. The maximum atomic E-state index is 4.94. The van der Waals surface area contributed by atoms with Crippen LogP contribution in [0.2, 0.25) is 0 Å². The van der Waals surface area contributed by atoms with E-state index in [2.05, 4.69) is 53.7 Å². The number of fused-ring (bicyclic) bond motifs is 3. The van der Waals surface area contributed by atoms with E-state index in [1.165, 1.54) is 36.6 Å². The first-order valence-electron chi connectivity index (χ1n) is 12.6. The lowest BCUT2D eigenvalue weighted by molar-refractivity contribution is 0.132. The molecule has 176 valence electrons. The lowest BCUT2D eigenvalue weighted by Gasteiger charge is -2.33. The van der Waals surface area contributed by atoms with Gasteiger partial charge in [0.15, 0.2) is 0 Å². The molecule has 1 saturated carbocycles. The summed E-state index contributed by atoms with van der Waals surface area (Å²) in [6.45, 7) is 8.86. The van der Waals surface area contributed by atoms with E-state index in [9.17, 15) is 0 Å². The third kappa shape index (κ3) is 4.12. The molecule has 0 bridgehead atoms. The Kier molecular flexibility index (Phi) is 5.84. The van der Waals surface area contributed by atoms with Gasteiger partial charge in [-0.25, -0.2) is 9.97 Å². The zero-order chi connectivity index (χ0) is 22.9. The van der Waals surface area contributed by atoms with Crippen molar-refractivity contribution in [2.75, 3.05) is 38.0 Å². The first kappa shape index (κ1) is 21.4. The van der Waals surface area contributed by atoms with Crippen LogP contribution in [0.1, 0.15) is 44.2 Å². The van der Waals surface area contributed by atoms with Crippen molar-refractivity contribution in [3.05, 3.63) is 48.5 Å². The number of anilines is 2. The van der Waals surface area contributed by atoms with E-state index in [1.54, 1.807) is 0 Å². The number of nitrogens with one attached hydrogen (secondary N) is 1. The highest BCUT2D eigenvalue weighted by Crippen LogP contribution is 2.37. The summed E-state index contributed by atoms with van der Waals surface area (Å²) in [5, 5.41) is 5.58. The third-order valence-corrected chi connectivity index (χ3v) is 7.42. The van der Waals surface area contributed by atoms with Gasteiger partial charge in [0.1, 0.15) is 11.5 Å². The van der Waals surface area contributed by atoms with Crippen molar-refractivity contribution in [1.29, 1.82) is 0 Å². The van der Waals surface area contributed by atoms with Gasteiger partial charge in [0.2, 0.25) is 5.95 Å². The van der Waals surface area contributed by atoms with Crippen LogP contribution in [0.25, 0.3) is 21.9 Å². The highest BCUT2D eigenvalue weighted by molar-refractivity contribution is 6.06. The minimum Gasteiger partial charge on any atom is -0.321 e. The number of nitrogens with zero attached hydrogens (tertiary/aromatic N) is 7. The molecule has 0 spiro atoms. The Bertz CT molecular complexity index is 1270. The van der Waals surface area contributed by atoms with Crippen LogP contribution in [-0.4, -0.2) is 67.0 Å². The number of hydrogen-bond donors (Lipinski definition) is 1. The Morgan fingerprint density at radius 2 is 1.74 bits per heavy atom. The largest absolute Gasteiger partial charge is 0.321 e. The first-order chi connectivity index (χ1) is 16.8. The summed E-state index contributed by atoms with van der Waals surface area (Å²) in [5.74, 6) is 1.35. The molecule has 1 aliphatic carbocycles. The minimum atomic E-state index is 0.476. The van der Waals surface area contributed by atoms with Crippen LogP contribution in [0.5, 0.6) is 0 Å². The predicted octanol–water partition coefficient (Wildman–Crippen LogP) is 4.37. The maximum absolute atomic E-state index is 4.94. The fraction of sp³-hybridized carbons (Fsp3) is 0.462. The van der Waals surface area contributed by atoms with E-state index in [-0.39, 0.29) is 0 Å². The topological polar surface area (TPSA) is 75.0 Å². The Hall–Kier alpha value is -3.10. The van der Waals surface area contributed by atoms with Gasteiger partial charge in [-0.3, -0.25) is 9.88 Å². The second-order valence-electron chi connectivity index (χ2n) is 9.52. The quantitative estimate of drug-likeness (QED) is 0.462. The van der Waals surface area contributed by atoms with E-state index < -0.39 is 0 Å². The zero-order valence-corrected chi connectivity index (χ0v) is 19.8. The van der Waals surface area contributed by atoms with Gasteiger partial charge in [-0.2, -0.15) is 4.98 Å². The van der Waals surface area contributed by atoms with Crippen LogP contribution < -0.4 is 5.32 Å². The number of piperazine rings is 1. The van der Waals surface area contributed by atoms with E-state index in [1.807, 2.05) is 30.9 Å². The summed E-state index contributed by atoms with van der Waals surface area (Å²) in [6, 6.07) is 6.73. The molecular weight excluding hydrogens is 424 g/mol. The molecule has 0 amide bonds. The summed E-state index contributed by atoms with van der Waals surface area (Å²) in [6.07, 6.45) is 12.6. The molecule has 0 radical (unpaired) electrons. The van der Waals surface area contributed by atoms with Gasteiger partial charge in [0, 0.05) is 68.1 Å². The van der Waals surface area contributed by atoms with Crippen LogP contribution in [0.3, 0.4) is 0 Å². The molecule has 1 N–H and O–H groups in total. The summed E-state index contributed by atoms with van der Waals surface area (Å²) in [4.78, 5) is 23.6. The van der Waals surface area contributed by atoms with Crippen LogP contribution in [0, 0.1) is 0 Å². The molecule has 6 rings (SSSR count). The fourth-order valence-electron chi connectivity index (χ4n) is 5.49. The summed E-state index contributed by atoms with van der Waals surface area (Å²) >= 11 is 0. The fourth-order valence-corrected chi connectivity index (χ4v) is 5.49. The van der Waals surface area contributed by atoms with Gasteiger partial charge in [-0.1, -0.05) is 25.8 Å². The Morgan fingerprint density at radius 1 is 0.912 bits per heavy atom. The smallest absolute Gasteiger partial charge is 0.230 e. The monoisotopic (exact) mass is 456 g/mol. The number of likely N-dealkylation sites (N-methyl/N-ethyl adjacent to an activating group) is 1. The highest BCUT2D eigenvalue weighted by Gasteiger charge is 2.23. The maximum Gasteiger partial charge on any atom is 0.230 e. The zero-order valence-electron chi connectivity index (χ0n) is 19.8. The molecule has 0 unspecified atom stereocenters. The molecular formula is C26H32N8. The Morgan fingerprint density at radius 3 is 2.50 bits per heavy atom. The van der Waals surface area contributed by atoms with E-state index in [0.717, 1.165) is 61.6 Å². The molecule has 34 heavy (non-hydrogen) atoms. The van der Waals surface area contributed by atoms with E-state index >= 15 is 0 Å². The van der Waals surface area contributed by atoms with Crippen molar-refractivity contribution < 1.29 is 0 Å². The summed E-state index contributed by atoms with van der Waals surface area (Å²) in [5.41, 5.74) is 3.37.